The van der Waals surface area contributed by atoms with E-state index in [0.717, 1.165) is 6.07 Å². The lowest BCUT2D eigenvalue weighted by molar-refractivity contribution is -0.0375. The van der Waals surface area contributed by atoms with Crippen molar-refractivity contribution in [1.82, 2.24) is 0 Å². The average Bonchev–Trinajstić information content (AvgIpc) is 2.44. The fourth-order valence-corrected chi connectivity index (χ4v) is 1.85. The van der Waals surface area contributed by atoms with Crippen molar-refractivity contribution in [2.75, 3.05) is 0 Å². The van der Waals surface area contributed by atoms with Crippen molar-refractivity contribution in [3.05, 3.63) is 58.6 Å². The Hall–Kier alpha value is -1.96. The van der Waals surface area contributed by atoms with Gasteiger partial charge in [0.2, 0.25) is 5.83 Å². The van der Waals surface area contributed by atoms with Gasteiger partial charge in [0.1, 0.15) is 0 Å². The fraction of sp³-hybridized carbons (Fsp3) is 0.167. The van der Waals surface area contributed by atoms with E-state index in [1.807, 2.05) is 0 Å². The SMILES string of the molecule is OC1=C(F)C(F)=C(F)C(O)(c2cccc(F)c2F)C1F. The number of alkyl halides is 1. The molecular formula is C12H6F6O2. The van der Waals surface area contributed by atoms with Crippen LogP contribution in [0, 0.1) is 11.6 Å². The molecule has 0 heterocycles. The molecule has 0 aromatic heterocycles. The summed E-state index contributed by atoms with van der Waals surface area (Å²) >= 11 is 0. The van der Waals surface area contributed by atoms with Crippen molar-refractivity contribution >= 4 is 0 Å². The molecule has 1 aromatic rings. The molecule has 0 radical (unpaired) electrons. The fourth-order valence-electron chi connectivity index (χ4n) is 1.85. The maximum atomic E-state index is 13.8. The number of hydrogen-bond acceptors (Lipinski definition) is 2. The summed E-state index contributed by atoms with van der Waals surface area (Å²) in [6.45, 7) is 0. The normalized spacial score (nSPS) is 27.2. The van der Waals surface area contributed by atoms with Crippen LogP contribution in [0.1, 0.15) is 5.56 Å². The lowest BCUT2D eigenvalue weighted by atomic mass is 9.83. The highest BCUT2D eigenvalue weighted by molar-refractivity contribution is 5.45. The Kier molecular flexibility index (Phi) is 3.29. The van der Waals surface area contributed by atoms with Crippen LogP contribution in [-0.2, 0) is 5.60 Å². The van der Waals surface area contributed by atoms with Crippen molar-refractivity contribution in [3.8, 4) is 0 Å². The number of aliphatic hydroxyl groups is 2. The van der Waals surface area contributed by atoms with Crippen LogP contribution < -0.4 is 0 Å². The summed E-state index contributed by atoms with van der Waals surface area (Å²) in [5.41, 5.74) is -5.01. The van der Waals surface area contributed by atoms with Crippen LogP contribution in [0.2, 0.25) is 0 Å². The Balaban J connectivity index is 2.75. The minimum absolute atomic E-state index is 0.578. The van der Waals surface area contributed by atoms with E-state index in [9.17, 15) is 31.4 Å². The van der Waals surface area contributed by atoms with Gasteiger partial charge >= 0.3 is 0 Å². The molecule has 0 amide bonds. The van der Waals surface area contributed by atoms with Gasteiger partial charge in [-0.25, -0.2) is 22.0 Å². The summed E-state index contributed by atoms with van der Waals surface area (Å²) in [6, 6.07) is 1.97. The summed E-state index contributed by atoms with van der Waals surface area (Å²) in [5.74, 6) is -12.4. The molecule has 2 nitrogen and oxygen atoms in total. The third kappa shape index (κ3) is 1.71. The predicted octanol–water partition coefficient (Wildman–Crippen LogP) is 3.39. The van der Waals surface area contributed by atoms with Crippen LogP contribution in [0.5, 0.6) is 0 Å². The van der Waals surface area contributed by atoms with Crippen LogP contribution >= 0.6 is 0 Å². The molecule has 0 saturated carbocycles. The molecular weight excluding hydrogens is 290 g/mol. The molecule has 2 rings (SSSR count). The number of rotatable bonds is 1. The van der Waals surface area contributed by atoms with E-state index in [0.29, 0.717) is 12.1 Å². The van der Waals surface area contributed by atoms with Gasteiger partial charge in [-0.2, -0.15) is 4.39 Å². The zero-order valence-corrected chi connectivity index (χ0v) is 9.47. The molecule has 1 aliphatic rings. The molecule has 0 fully saturated rings. The van der Waals surface area contributed by atoms with Crippen molar-refractivity contribution in [3.63, 3.8) is 0 Å². The van der Waals surface area contributed by atoms with Crippen molar-refractivity contribution in [1.29, 1.82) is 0 Å². The molecule has 20 heavy (non-hydrogen) atoms. The summed E-state index contributed by atoms with van der Waals surface area (Å²) < 4.78 is 80.1. The zero-order valence-electron chi connectivity index (χ0n) is 9.47. The molecule has 0 spiro atoms. The quantitative estimate of drug-likeness (QED) is 0.780. The first-order valence-electron chi connectivity index (χ1n) is 5.18. The number of aliphatic hydroxyl groups excluding tert-OH is 1. The van der Waals surface area contributed by atoms with E-state index < -0.39 is 52.2 Å². The maximum Gasteiger partial charge on any atom is 0.202 e. The van der Waals surface area contributed by atoms with E-state index >= 15 is 0 Å². The van der Waals surface area contributed by atoms with E-state index in [1.165, 1.54) is 0 Å². The van der Waals surface area contributed by atoms with Crippen LogP contribution in [0.3, 0.4) is 0 Å². The molecule has 0 saturated heterocycles. The Labute approximate surface area is 108 Å². The first-order valence-corrected chi connectivity index (χ1v) is 5.18. The monoisotopic (exact) mass is 296 g/mol. The Bertz CT molecular complexity index is 639. The minimum atomic E-state index is -3.70. The van der Waals surface area contributed by atoms with Gasteiger partial charge in [-0.3, -0.25) is 0 Å². The van der Waals surface area contributed by atoms with Gasteiger partial charge in [-0.05, 0) is 6.07 Å². The molecule has 2 unspecified atom stereocenters. The van der Waals surface area contributed by atoms with Gasteiger partial charge in [0.15, 0.2) is 40.8 Å². The van der Waals surface area contributed by atoms with Gasteiger partial charge in [-0.15, -0.1) is 0 Å². The minimum Gasteiger partial charge on any atom is -0.506 e. The Morgan fingerprint density at radius 2 is 1.60 bits per heavy atom. The van der Waals surface area contributed by atoms with Crippen LogP contribution in [0.4, 0.5) is 26.3 Å². The first kappa shape index (κ1) is 14.4. The number of allylic oxidation sites excluding steroid dienone is 2. The number of hydrogen-bond donors (Lipinski definition) is 2. The summed E-state index contributed by atoms with van der Waals surface area (Å²) in [5, 5.41) is 18.8. The number of benzene rings is 1. The smallest absolute Gasteiger partial charge is 0.202 e. The van der Waals surface area contributed by atoms with E-state index in [4.69, 9.17) is 5.11 Å². The van der Waals surface area contributed by atoms with Gasteiger partial charge in [0.05, 0.1) is 0 Å². The van der Waals surface area contributed by atoms with Crippen LogP contribution in [-0.4, -0.2) is 16.4 Å². The molecule has 2 atom stereocenters. The molecule has 0 bridgehead atoms. The van der Waals surface area contributed by atoms with E-state index in [1.54, 1.807) is 0 Å². The molecule has 108 valence electrons. The van der Waals surface area contributed by atoms with E-state index in [-0.39, 0.29) is 0 Å². The van der Waals surface area contributed by atoms with Gasteiger partial charge in [0.25, 0.3) is 0 Å². The van der Waals surface area contributed by atoms with Crippen LogP contribution in [0.15, 0.2) is 41.4 Å². The Morgan fingerprint density at radius 3 is 2.20 bits per heavy atom. The maximum absolute atomic E-state index is 13.8. The largest absolute Gasteiger partial charge is 0.506 e. The second-order valence-electron chi connectivity index (χ2n) is 4.06. The lowest BCUT2D eigenvalue weighted by Gasteiger charge is -2.33. The molecule has 2 N–H and O–H groups in total. The highest BCUT2D eigenvalue weighted by Crippen LogP contribution is 2.47. The predicted molar refractivity (Wildman–Crippen MR) is 55.2 cm³/mol. The molecule has 1 aromatic carbocycles. The zero-order chi connectivity index (χ0) is 15.2. The molecule has 8 heteroatoms. The second kappa shape index (κ2) is 4.55. The summed E-state index contributed by atoms with van der Waals surface area (Å²) in [6.07, 6.45) is -3.24. The van der Waals surface area contributed by atoms with Gasteiger partial charge < -0.3 is 10.2 Å². The van der Waals surface area contributed by atoms with Gasteiger partial charge in [-0.1, -0.05) is 12.1 Å². The average molecular weight is 296 g/mol. The number of halogens is 6. The second-order valence-corrected chi connectivity index (χ2v) is 4.06. The topological polar surface area (TPSA) is 40.5 Å². The third-order valence-corrected chi connectivity index (χ3v) is 2.91. The molecule has 1 aliphatic carbocycles. The lowest BCUT2D eigenvalue weighted by Crippen LogP contribution is -2.42. The third-order valence-electron chi connectivity index (χ3n) is 2.91. The van der Waals surface area contributed by atoms with Crippen molar-refractivity contribution in [2.24, 2.45) is 0 Å². The first-order chi connectivity index (χ1) is 9.22. The van der Waals surface area contributed by atoms with E-state index in [2.05, 4.69) is 0 Å². The van der Waals surface area contributed by atoms with Crippen LogP contribution in [0.25, 0.3) is 0 Å². The molecule has 0 aliphatic heterocycles. The standard InChI is InChI=1S/C12H6F6O2/c13-5-3-1-2-4(6(5)14)12(20)10(17)8(16)7(15)9(19)11(12)18/h1-3,11,19-20H. The van der Waals surface area contributed by atoms with Crippen molar-refractivity contribution < 1.29 is 36.6 Å². The highest BCUT2D eigenvalue weighted by atomic mass is 19.2. The van der Waals surface area contributed by atoms with Crippen molar-refractivity contribution in [2.45, 2.75) is 11.8 Å². The van der Waals surface area contributed by atoms with Gasteiger partial charge in [0, 0.05) is 5.56 Å². The Morgan fingerprint density at radius 1 is 1.00 bits per heavy atom. The summed E-state index contributed by atoms with van der Waals surface area (Å²) in [4.78, 5) is 0. The summed E-state index contributed by atoms with van der Waals surface area (Å²) in [7, 11) is 0. The highest BCUT2D eigenvalue weighted by Gasteiger charge is 2.54.